The molecule has 2 aliphatic heterocycles. The van der Waals surface area contributed by atoms with Gasteiger partial charge in [0.1, 0.15) is 0 Å². The van der Waals surface area contributed by atoms with Gasteiger partial charge in [-0.1, -0.05) is 13.3 Å². The zero-order chi connectivity index (χ0) is 15.4. The second kappa shape index (κ2) is 7.14. The first-order chi connectivity index (χ1) is 10.8. The number of carbonyl (C=O) groups excluding carboxylic acids is 1. The molecule has 1 atom stereocenters. The average molecular weight is 302 g/mol. The van der Waals surface area contributed by atoms with Crippen molar-refractivity contribution in [3.05, 3.63) is 23.3 Å². The molecule has 1 aromatic carbocycles. The Bertz CT molecular complexity index is 536. The van der Waals surface area contributed by atoms with Crippen LogP contribution >= 0.6 is 0 Å². The third kappa shape index (κ3) is 3.43. The van der Waals surface area contributed by atoms with Gasteiger partial charge in [-0.25, -0.2) is 0 Å². The fourth-order valence-electron chi connectivity index (χ4n) is 3.23. The summed E-state index contributed by atoms with van der Waals surface area (Å²) < 4.78 is 5.45. The van der Waals surface area contributed by atoms with E-state index < -0.39 is 0 Å². The van der Waals surface area contributed by atoms with E-state index in [0.29, 0.717) is 12.5 Å². The molecule has 4 nitrogen and oxygen atoms in total. The summed E-state index contributed by atoms with van der Waals surface area (Å²) in [6.45, 7) is 4.70. The maximum atomic E-state index is 12.4. The third-order valence-corrected chi connectivity index (χ3v) is 4.51. The lowest BCUT2D eigenvalue weighted by Gasteiger charge is -2.24. The summed E-state index contributed by atoms with van der Waals surface area (Å²) in [6.07, 6.45) is 5.88. The fourth-order valence-corrected chi connectivity index (χ4v) is 3.23. The van der Waals surface area contributed by atoms with Crippen molar-refractivity contribution in [3.8, 4) is 0 Å². The average Bonchev–Trinajstić information content (AvgIpc) is 3.05. The van der Waals surface area contributed by atoms with Crippen molar-refractivity contribution in [2.45, 2.75) is 51.5 Å². The van der Waals surface area contributed by atoms with Crippen LogP contribution in [0, 0.1) is 0 Å². The van der Waals surface area contributed by atoms with Crippen molar-refractivity contribution in [2.24, 2.45) is 0 Å². The maximum Gasteiger partial charge on any atom is 0.162 e. The molecule has 0 aliphatic carbocycles. The molecule has 0 amide bonds. The van der Waals surface area contributed by atoms with Crippen molar-refractivity contribution in [2.75, 3.05) is 30.4 Å². The molecule has 2 heterocycles. The summed E-state index contributed by atoms with van der Waals surface area (Å²) >= 11 is 0. The summed E-state index contributed by atoms with van der Waals surface area (Å²) in [5.41, 5.74) is 4.39. The van der Waals surface area contributed by atoms with E-state index in [9.17, 15) is 4.79 Å². The van der Waals surface area contributed by atoms with Gasteiger partial charge in [-0.05, 0) is 43.4 Å². The van der Waals surface area contributed by atoms with Gasteiger partial charge in [0.15, 0.2) is 5.78 Å². The van der Waals surface area contributed by atoms with Gasteiger partial charge in [-0.3, -0.25) is 4.79 Å². The molecule has 0 spiro atoms. The number of rotatable bonds is 6. The smallest absolute Gasteiger partial charge is 0.162 e. The fraction of sp³-hybridized carbons (Fsp3) is 0.611. The molecule has 3 rings (SSSR count). The Morgan fingerprint density at radius 3 is 3.14 bits per heavy atom. The van der Waals surface area contributed by atoms with E-state index >= 15 is 0 Å². The topological polar surface area (TPSA) is 50.4 Å². The summed E-state index contributed by atoms with van der Waals surface area (Å²) in [5.74, 6) is 0.265. The monoisotopic (exact) mass is 302 g/mol. The van der Waals surface area contributed by atoms with E-state index in [1.54, 1.807) is 0 Å². The van der Waals surface area contributed by atoms with E-state index in [-0.39, 0.29) is 5.78 Å². The predicted molar refractivity (Wildman–Crippen MR) is 90.0 cm³/mol. The quantitative estimate of drug-likeness (QED) is 0.788. The Labute approximate surface area is 132 Å². The number of Topliss-reactive ketones (excluding diaryl/α,β-unsaturated/α-hetero) is 1. The van der Waals surface area contributed by atoms with Crippen LogP contribution in [0.2, 0.25) is 0 Å². The van der Waals surface area contributed by atoms with E-state index in [4.69, 9.17) is 4.74 Å². The highest BCUT2D eigenvalue weighted by molar-refractivity contribution is 5.98. The van der Waals surface area contributed by atoms with Crippen LogP contribution in [0.5, 0.6) is 0 Å². The second-order valence-electron chi connectivity index (χ2n) is 6.32. The minimum atomic E-state index is 0.265. The van der Waals surface area contributed by atoms with E-state index in [2.05, 4.69) is 23.6 Å². The first-order valence-electron chi connectivity index (χ1n) is 8.56. The second-order valence-corrected chi connectivity index (χ2v) is 6.32. The Hall–Kier alpha value is -1.55. The van der Waals surface area contributed by atoms with E-state index in [0.717, 1.165) is 63.1 Å². The number of benzene rings is 1. The molecule has 0 aromatic heterocycles. The van der Waals surface area contributed by atoms with Crippen molar-refractivity contribution in [1.29, 1.82) is 0 Å². The molecule has 22 heavy (non-hydrogen) atoms. The van der Waals surface area contributed by atoms with Crippen molar-refractivity contribution < 1.29 is 9.53 Å². The van der Waals surface area contributed by atoms with E-state index in [1.165, 1.54) is 11.3 Å². The SMILES string of the molecule is CCCCC(=O)c1cc2c(c(NC3CCOC3)c1)NCCC2. The minimum Gasteiger partial charge on any atom is -0.383 e. The number of ketones is 1. The van der Waals surface area contributed by atoms with Gasteiger partial charge >= 0.3 is 0 Å². The number of hydrogen-bond acceptors (Lipinski definition) is 4. The van der Waals surface area contributed by atoms with Gasteiger partial charge in [-0.15, -0.1) is 0 Å². The molecule has 1 aromatic rings. The van der Waals surface area contributed by atoms with Crippen molar-refractivity contribution in [3.63, 3.8) is 0 Å². The first-order valence-corrected chi connectivity index (χ1v) is 8.56. The minimum absolute atomic E-state index is 0.265. The summed E-state index contributed by atoms with van der Waals surface area (Å²) in [7, 11) is 0. The first kappa shape index (κ1) is 15.3. The third-order valence-electron chi connectivity index (χ3n) is 4.51. The Kier molecular flexibility index (Phi) is 4.98. The molecule has 120 valence electrons. The number of aryl methyl sites for hydroxylation is 1. The number of ether oxygens (including phenoxy) is 1. The molecule has 0 saturated carbocycles. The van der Waals surface area contributed by atoms with E-state index in [1.807, 2.05) is 6.07 Å². The van der Waals surface area contributed by atoms with Crippen LogP contribution in [-0.2, 0) is 11.2 Å². The Balaban J connectivity index is 1.86. The molecule has 0 bridgehead atoms. The largest absolute Gasteiger partial charge is 0.383 e. The van der Waals surface area contributed by atoms with Gasteiger partial charge < -0.3 is 15.4 Å². The normalized spacial score (nSPS) is 20.3. The molecule has 0 radical (unpaired) electrons. The zero-order valence-electron chi connectivity index (χ0n) is 13.4. The molecule has 2 aliphatic rings. The highest BCUT2D eigenvalue weighted by Crippen LogP contribution is 2.33. The van der Waals surface area contributed by atoms with Gasteiger partial charge in [-0.2, -0.15) is 0 Å². The van der Waals surface area contributed by atoms with Crippen LogP contribution in [0.3, 0.4) is 0 Å². The number of carbonyl (C=O) groups is 1. The maximum absolute atomic E-state index is 12.4. The Morgan fingerprint density at radius 2 is 2.36 bits per heavy atom. The molecule has 2 N–H and O–H groups in total. The highest BCUT2D eigenvalue weighted by Gasteiger charge is 2.21. The molecular weight excluding hydrogens is 276 g/mol. The molecule has 1 fully saturated rings. The van der Waals surface area contributed by atoms with Crippen LogP contribution in [0.15, 0.2) is 12.1 Å². The van der Waals surface area contributed by atoms with Gasteiger partial charge in [0.05, 0.1) is 24.0 Å². The number of anilines is 2. The Morgan fingerprint density at radius 1 is 1.45 bits per heavy atom. The summed E-state index contributed by atoms with van der Waals surface area (Å²) in [6, 6.07) is 4.48. The van der Waals surface area contributed by atoms with Gasteiger partial charge in [0.25, 0.3) is 0 Å². The standard InChI is InChI=1S/C18H26N2O2/c1-2-3-6-17(21)14-10-13-5-4-8-19-18(13)16(11-14)20-15-7-9-22-12-15/h10-11,15,19-20H,2-9,12H2,1H3. The molecule has 1 saturated heterocycles. The lowest BCUT2D eigenvalue weighted by molar-refractivity contribution is 0.0979. The lowest BCUT2D eigenvalue weighted by Crippen LogP contribution is -2.22. The van der Waals surface area contributed by atoms with Crippen molar-refractivity contribution in [1.82, 2.24) is 0 Å². The van der Waals surface area contributed by atoms with Gasteiger partial charge in [0, 0.05) is 25.1 Å². The predicted octanol–water partition coefficient (Wildman–Crippen LogP) is 3.62. The lowest BCUT2D eigenvalue weighted by atomic mass is 9.95. The van der Waals surface area contributed by atoms with Crippen LogP contribution in [0.1, 0.15) is 54.9 Å². The van der Waals surface area contributed by atoms with Gasteiger partial charge in [0.2, 0.25) is 0 Å². The number of unbranched alkanes of at least 4 members (excludes halogenated alkanes) is 1. The van der Waals surface area contributed by atoms with Crippen LogP contribution in [-0.4, -0.2) is 31.6 Å². The summed E-state index contributed by atoms with van der Waals surface area (Å²) in [4.78, 5) is 12.4. The number of hydrogen-bond donors (Lipinski definition) is 2. The van der Waals surface area contributed by atoms with Crippen LogP contribution < -0.4 is 10.6 Å². The molecule has 1 unspecified atom stereocenters. The summed E-state index contributed by atoms with van der Waals surface area (Å²) in [5, 5.41) is 7.08. The van der Waals surface area contributed by atoms with Crippen LogP contribution in [0.4, 0.5) is 11.4 Å². The van der Waals surface area contributed by atoms with Crippen molar-refractivity contribution >= 4 is 17.2 Å². The zero-order valence-corrected chi connectivity index (χ0v) is 13.4. The number of nitrogens with one attached hydrogen (secondary N) is 2. The van der Waals surface area contributed by atoms with Crippen LogP contribution in [0.25, 0.3) is 0 Å². The molecule has 4 heteroatoms. The highest BCUT2D eigenvalue weighted by atomic mass is 16.5. The molecular formula is C18H26N2O2. The number of fused-ring (bicyclic) bond motifs is 1.